The van der Waals surface area contributed by atoms with Gasteiger partial charge < -0.3 is 30.5 Å². The van der Waals surface area contributed by atoms with Crippen LogP contribution in [0.2, 0.25) is 0 Å². The molecule has 3 heterocycles. The van der Waals surface area contributed by atoms with Crippen molar-refractivity contribution in [3.8, 4) is 5.75 Å². The molecule has 1 fully saturated rings. The van der Waals surface area contributed by atoms with Gasteiger partial charge in [-0.1, -0.05) is 25.1 Å². The summed E-state index contributed by atoms with van der Waals surface area (Å²) in [5, 5.41) is 9.66. The quantitative estimate of drug-likeness (QED) is 0.406. The van der Waals surface area contributed by atoms with Crippen molar-refractivity contribution < 1.29 is 14.3 Å². The summed E-state index contributed by atoms with van der Waals surface area (Å²) in [7, 11) is 3.34. The van der Waals surface area contributed by atoms with Gasteiger partial charge in [0.1, 0.15) is 11.4 Å². The molecule has 0 bridgehead atoms. The van der Waals surface area contributed by atoms with Gasteiger partial charge in [-0.2, -0.15) is 4.98 Å². The lowest BCUT2D eigenvalue weighted by atomic mass is 9.85. The van der Waals surface area contributed by atoms with E-state index in [1.807, 2.05) is 44.2 Å². The highest BCUT2D eigenvalue weighted by atomic mass is 16.5. The highest BCUT2D eigenvalue weighted by Gasteiger charge is 2.41. The zero-order chi connectivity index (χ0) is 28.3. The lowest BCUT2D eigenvalue weighted by Crippen LogP contribution is -2.45. The minimum Gasteiger partial charge on any atom is -0.495 e. The molecule has 2 aliphatic rings. The number of rotatable bonds is 7. The van der Waals surface area contributed by atoms with Gasteiger partial charge in [-0.05, 0) is 63.1 Å². The fourth-order valence-corrected chi connectivity index (χ4v) is 5.25. The first-order valence-electron chi connectivity index (χ1n) is 13.8. The van der Waals surface area contributed by atoms with Gasteiger partial charge in [0, 0.05) is 37.4 Å². The van der Waals surface area contributed by atoms with E-state index in [0.29, 0.717) is 47.4 Å². The number of fused-ring (bicyclic) bond motifs is 1. The molecule has 0 aliphatic carbocycles. The number of carbonyl (C=O) groups is 2. The number of hydrogen-bond acceptors (Lipinski definition) is 8. The van der Waals surface area contributed by atoms with E-state index in [2.05, 4.69) is 25.8 Å². The molecule has 0 radical (unpaired) electrons. The average molecular weight is 544 g/mol. The van der Waals surface area contributed by atoms with Crippen LogP contribution in [0.25, 0.3) is 0 Å². The number of amides is 2. The van der Waals surface area contributed by atoms with Crippen LogP contribution < -0.4 is 30.5 Å². The van der Waals surface area contributed by atoms with Crippen LogP contribution in [0.1, 0.15) is 43.5 Å². The normalized spacial score (nSPS) is 20.9. The van der Waals surface area contributed by atoms with E-state index in [9.17, 15) is 9.59 Å². The summed E-state index contributed by atoms with van der Waals surface area (Å²) in [6, 6.07) is 15.3. The van der Waals surface area contributed by atoms with Crippen molar-refractivity contribution in [1.82, 2.24) is 20.6 Å². The van der Waals surface area contributed by atoms with Gasteiger partial charge in [0.25, 0.3) is 5.91 Å². The van der Waals surface area contributed by atoms with Crippen molar-refractivity contribution in [3.05, 3.63) is 60.3 Å². The van der Waals surface area contributed by atoms with E-state index < -0.39 is 5.41 Å². The van der Waals surface area contributed by atoms with E-state index in [0.717, 1.165) is 31.6 Å². The second kappa shape index (κ2) is 11.5. The Balaban J connectivity index is 1.45. The summed E-state index contributed by atoms with van der Waals surface area (Å²) in [5.74, 6) is 1.37. The van der Waals surface area contributed by atoms with E-state index >= 15 is 0 Å². The molecule has 2 atom stereocenters. The third kappa shape index (κ3) is 5.44. The Morgan fingerprint density at radius 2 is 2.02 bits per heavy atom. The zero-order valence-electron chi connectivity index (χ0n) is 23.5. The number of nitrogens with zero attached hydrogens (tertiary/aromatic N) is 4. The predicted octanol–water partition coefficient (Wildman–Crippen LogP) is 4.24. The van der Waals surface area contributed by atoms with E-state index in [-0.39, 0.29) is 17.9 Å². The fourth-order valence-electron chi connectivity index (χ4n) is 5.25. The number of hydrogen-bond donors (Lipinski definition) is 3. The van der Waals surface area contributed by atoms with Crippen LogP contribution in [0.4, 0.5) is 28.8 Å². The van der Waals surface area contributed by atoms with Crippen LogP contribution in [0.3, 0.4) is 0 Å². The Morgan fingerprint density at radius 3 is 2.73 bits per heavy atom. The Kier molecular flexibility index (Phi) is 7.88. The molecule has 10 heteroatoms. The molecule has 1 saturated heterocycles. The molecule has 40 heavy (non-hydrogen) atoms. The molecule has 0 unspecified atom stereocenters. The number of benzene rings is 2. The Labute approximate surface area is 235 Å². The van der Waals surface area contributed by atoms with Gasteiger partial charge in [-0.25, -0.2) is 4.98 Å². The van der Waals surface area contributed by atoms with Gasteiger partial charge in [0.05, 0.1) is 24.4 Å². The minimum atomic E-state index is -0.605. The number of methoxy groups -OCH3 is 1. The molecule has 3 N–H and O–H groups in total. The third-order valence-electron chi connectivity index (χ3n) is 7.89. The van der Waals surface area contributed by atoms with Crippen LogP contribution >= 0.6 is 0 Å². The zero-order valence-corrected chi connectivity index (χ0v) is 23.5. The van der Waals surface area contributed by atoms with Crippen LogP contribution in [0.5, 0.6) is 5.75 Å². The summed E-state index contributed by atoms with van der Waals surface area (Å²) in [4.78, 5) is 39.5. The Bertz CT molecular complexity index is 1380. The van der Waals surface area contributed by atoms with Crippen molar-refractivity contribution in [1.29, 1.82) is 0 Å². The average Bonchev–Trinajstić information content (AvgIpc) is 3.07. The first kappa shape index (κ1) is 27.4. The van der Waals surface area contributed by atoms with Gasteiger partial charge >= 0.3 is 0 Å². The number of carbonyl (C=O) groups excluding carboxylic acids is 2. The summed E-state index contributed by atoms with van der Waals surface area (Å²) < 4.78 is 5.62. The predicted molar refractivity (Wildman–Crippen MR) is 157 cm³/mol. The molecule has 210 valence electrons. The number of aromatic nitrogens is 2. The highest BCUT2D eigenvalue weighted by molar-refractivity contribution is 6.02. The first-order valence-corrected chi connectivity index (χ1v) is 13.8. The van der Waals surface area contributed by atoms with Crippen LogP contribution in [-0.4, -0.2) is 61.6 Å². The van der Waals surface area contributed by atoms with Gasteiger partial charge in [0.15, 0.2) is 5.82 Å². The summed E-state index contributed by atoms with van der Waals surface area (Å²) in [6.07, 6.45) is 4.36. The van der Waals surface area contributed by atoms with E-state index in [1.54, 1.807) is 43.5 Å². The number of anilines is 5. The second-order valence-electron chi connectivity index (χ2n) is 10.7. The van der Waals surface area contributed by atoms with Gasteiger partial charge in [0.2, 0.25) is 11.9 Å². The summed E-state index contributed by atoms with van der Waals surface area (Å²) in [5.41, 5.74) is 2.11. The largest absolute Gasteiger partial charge is 0.495 e. The Morgan fingerprint density at radius 1 is 1.23 bits per heavy atom. The second-order valence-corrected chi connectivity index (χ2v) is 10.7. The van der Waals surface area contributed by atoms with Gasteiger partial charge in [-0.3, -0.25) is 9.59 Å². The van der Waals surface area contributed by atoms with Crippen molar-refractivity contribution in [2.24, 2.45) is 5.41 Å². The van der Waals surface area contributed by atoms with Crippen molar-refractivity contribution >= 4 is 40.6 Å². The molecule has 2 aliphatic heterocycles. The lowest BCUT2D eigenvalue weighted by molar-refractivity contribution is -0.126. The molecule has 1 aromatic heterocycles. The number of piperidine rings is 1. The van der Waals surface area contributed by atoms with E-state index in [4.69, 9.17) is 9.72 Å². The monoisotopic (exact) mass is 543 g/mol. The highest BCUT2D eigenvalue weighted by Crippen LogP contribution is 2.42. The van der Waals surface area contributed by atoms with Crippen LogP contribution in [0, 0.1) is 5.41 Å². The smallest absolute Gasteiger partial charge is 0.251 e. The minimum absolute atomic E-state index is 0.0264. The number of para-hydroxylation sites is 1. The number of ether oxygens (including phenoxy) is 1. The molecule has 3 aromatic rings. The molecule has 2 aromatic carbocycles. The summed E-state index contributed by atoms with van der Waals surface area (Å²) >= 11 is 0. The Hall–Kier alpha value is -4.18. The molecule has 5 rings (SSSR count). The van der Waals surface area contributed by atoms with E-state index in [1.165, 1.54) is 0 Å². The molecular weight excluding hydrogens is 506 g/mol. The molecular formula is C30H37N7O3. The SMILES string of the molecule is CC[C@@]1(C)CN(c2ccccc2)c2nc(Nc3ccc(C(=O)N[C@@H]4CCCNC4)cc3OC)ncc2N(C)C1=O. The van der Waals surface area contributed by atoms with Crippen molar-refractivity contribution in [2.45, 2.75) is 39.2 Å². The topological polar surface area (TPSA) is 112 Å². The van der Waals surface area contributed by atoms with Gasteiger partial charge in [-0.15, -0.1) is 0 Å². The fraction of sp³-hybridized carbons (Fsp3) is 0.400. The number of nitrogens with one attached hydrogen (secondary N) is 3. The molecule has 0 saturated carbocycles. The van der Waals surface area contributed by atoms with Crippen LogP contribution in [0.15, 0.2) is 54.7 Å². The first-order chi connectivity index (χ1) is 19.3. The summed E-state index contributed by atoms with van der Waals surface area (Å²) in [6.45, 7) is 6.26. The molecule has 0 spiro atoms. The van der Waals surface area contributed by atoms with Crippen LogP contribution in [-0.2, 0) is 4.79 Å². The maximum atomic E-state index is 13.5. The standard InChI is InChI=1S/C30H37N7O3/c1-5-30(2)19-37(22-11-7-6-8-12-22)26-24(36(3)28(30)39)18-32-29(35-26)34-23-14-13-20(16-25(23)40-4)27(38)33-21-10-9-15-31-17-21/h6-8,11-14,16,18,21,31H,5,9-10,15,17,19H2,1-4H3,(H,33,38)(H,32,34,35)/t21-,30+/m1/s1. The molecule has 2 amide bonds. The maximum absolute atomic E-state index is 13.5. The van der Waals surface area contributed by atoms with Crippen molar-refractivity contribution in [3.63, 3.8) is 0 Å². The maximum Gasteiger partial charge on any atom is 0.251 e. The molecule has 10 nitrogen and oxygen atoms in total. The lowest BCUT2D eigenvalue weighted by Gasteiger charge is -2.32. The third-order valence-corrected chi connectivity index (χ3v) is 7.89. The van der Waals surface area contributed by atoms with Crippen molar-refractivity contribution in [2.75, 3.05) is 48.9 Å².